The molecule has 0 atom stereocenters. The van der Waals surface area contributed by atoms with E-state index in [1.807, 2.05) is 35.7 Å². The van der Waals surface area contributed by atoms with Crippen molar-refractivity contribution in [2.45, 2.75) is 0 Å². The van der Waals surface area contributed by atoms with Crippen molar-refractivity contribution in [1.29, 1.82) is 0 Å². The van der Waals surface area contributed by atoms with Crippen LogP contribution in [0.15, 0.2) is 35.7 Å². The highest BCUT2D eigenvalue weighted by molar-refractivity contribution is 14.1. The van der Waals surface area contributed by atoms with Gasteiger partial charge in [-0.15, -0.1) is 16.4 Å². The number of hydrogen-bond donors (Lipinski definition) is 1. The van der Waals surface area contributed by atoms with Crippen molar-refractivity contribution < 1.29 is 4.79 Å². The van der Waals surface area contributed by atoms with E-state index in [4.69, 9.17) is 0 Å². The number of rotatable bonds is 3. The number of hydrogen-bond acceptors (Lipinski definition) is 5. The summed E-state index contributed by atoms with van der Waals surface area (Å²) in [5, 5.41) is 16.1. The molecule has 0 aliphatic carbocycles. The average Bonchev–Trinajstić information content (AvgIpc) is 3.08. The van der Waals surface area contributed by atoms with E-state index in [0.29, 0.717) is 17.1 Å². The lowest BCUT2D eigenvalue weighted by molar-refractivity contribution is 0.102. The maximum absolute atomic E-state index is 12.1. The van der Waals surface area contributed by atoms with Gasteiger partial charge in [-0.25, -0.2) is 4.68 Å². The first-order valence-electron chi connectivity index (χ1n) is 6.01. The number of nitrogens with zero attached hydrogens (tertiary/aromatic N) is 4. The Morgan fingerprint density at radius 2 is 2.24 bits per heavy atom. The Bertz CT molecular complexity index is 797. The second kappa shape index (κ2) is 5.90. The van der Waals surface area contributed by atoms with Crippen molar-refractivity contribution in [3.05, 3.63) is 44.2 Å². The second-order valence-corrected chi connectivity index (χ2v) is 7.11. The molecule has 0 radical (unpaired) electrons. The third-order valence-electron chi connectivity index (χ3n) is 2.83. The number of thiophene rings is 1. The van der Waals surface area contributed by atoms with Crippen LogP contribution in [0.1, 0.15) is 10.4 Å². The van der Waals surface area contributed by atoms with Gasteiger partial charge in [-0.3, -0.25) is 4.79 Å². The summed E-state index contributed by atoms with van der Waals surface area (Å²) in [5.74, 6) is 0.526. The van der Waals surface area contributed by atoms with Gasteiger partial charge in [0, 0.05) is 23.7 Å². The van der Waals surface area contributed by atoms with Crippen molar-refractivity contribution in [2.75, 3.05) is 5.32 Å². The van der Waals surface area contributed by atoms with Crippen LogP contribution in [-0.2, 0) is 7.05 Å². The SMILES string of the molecule is Cn1nnnc1-c1cccc(NC(=O)c2csc(I)c2)c1. The first kappa shape index (κ1) is 14.1. The van der Waals surface area contributed by atoms with E-state index in [1.54, 1.807) is 23.1 Å². The van der Waals surface area contributed by atoms with Gasteiger partial charge in [0.15, 0.2) is 5.82 Å². The molecule has 0 saturated heterocycles. The maximum atomic E-state index is 12.1. The standard InChI is InChI=1S/C13H10IN5OS/c1-19-12(16-17-18-19)8-3-2-4-10(5-8)15-13(20)9-6-11(14)21-7-9/h2-7H,1H3,(H,15,20). The number of amides is 1. The molecule has 3 aromatic rings. The molecular formula is C13H10IN5OS. The summed E-state index contributed by atoms with van der Waals surface area (Å²) in [7, 11) is 1.77. The van der Waals surface area contributed by atoms with Crippen LogP contribution < -0.4 is 5.32 Å². The van der Waals surface area contributed by atoms with Crippen molar-refractivity contribution in [3.8, 4) is 11.4 Å². The Hall–Kier alpha value is -1.81. The van der Waals surface area contributed by atoms with E-state index in [9.17, 15) is 4.79 Å². The Morgan fingerprint density at radius 1 is 1.38 bits per heavy atom. The summed E-state index contributed by atoms with van der Waals surface area (Å²) >= 11 is 3.74. The van der Waals surface area contributed by atoms with E-state index in [-0.39, 0.29) is 5.91 Å². The van der Waals surface area contributed by atoms with E-state index >= 15 is 0 Å². The third kappa shape index (κ3) is 3.10. The molecule has 21 heavy (non-hydrogen) atoms. The molecule has 8 heteroatoms. The predicted octanol–water partition coefficient (Wildman–Crippen LogP) is 2.80. The highest BCUT2D eigenvalue weighted by Gasteiger charge is 2.10. The molecule has 0 aliphatic rings. The summed E-state index contributed by atoms with van der Waals surface area (Å²) < 4.78 is 2.67. The number of carbonyl (C=O) groups is 1. The lowest BCUT2D eigenvalue weighted by Gasteiger charge is -2.06. The minimum atomic E-state index is -0.123. The maximum Gasteiger partial charge on any atom is 0.256 e. The number of aryl methyl sites for hydroxylation is 1. The van der Waals surface area contributed by atoms with Crippen LogP contribution in [0.5, 0.6) is 0 Å². The van der Waals surface area contributed by atoms with Gasteiger partial charge in [0.2, 0.25) is 0 Å². The minimum absolute atomic E-state index is 0.123. The zero-order chi connectivity index (χ0) is 14.8. The summed E-state index contributed by atoms with van der Waals surface area (Å²) in [6, 6.07) is 9.30. The number of benzene rings is 1. The van der Waals surface area contributed by atoms with Gasteiger partial charge in [0.05, 0.1) is 8.45 Å². The van der Waals surface area contributed by atoms with Gasteiger partial charge in [-0.1, -0.05) is 12.1 Å². The number of tetrazole rings is 1. The average molecular weight is 411 g/mol. The third-order valence-corrected chi connectivity index (χ3v) is 4.62. The first-order chi connectivity index (χ1) is 10.1. The van der Waals surface area contributed by atoms with E-state index in [2.05, 4.69) is 43.4 Å². The molecule has 3 rings (SSSR count). The molecule has 0 unspecified atom stereocenters. The Labute approximate surface area is 138 Å². The van der Waals surface area contributed by atoms with Crippen LogP contribution in [0.3, 0.4) is 0 Å². The highest BCUT2D eigenvalue weighted by Crippen LogP contribution is 2.21. The lowest BCUT2D eigenvalue weighted by Crippen LogP contribution is -2.10. The second-order valence-electron chi connectivity index (χ2n) is 4.30. The summed E-state index contributed by atoms with van der Waals surface area (Å²) in [6.45, 7) is 0. The van der Waals surface area contributed by atoms with Crippen LogP contribution in [-0.4, -0.2) is 26.1 Å². The van der Waals surface area contributed by atoms with Crippen molar-refractivity contribution in [1.82, 2.24) is 20.2 Å². The molecule has 1 aromatic carbocycles. The van der Waals surface area contributed by atoms with Crippen LogP contribution in [0, 0.1) is 2.88 Å². The summed E-state index contributed by atoms with van der Waals surface area (Å²) in [6.07, 6.45) is 0. The van der Waals surface area contributed by atoms with Crippen molar-refractivity contribution >= 4 is 45.5 Å². The van der Waals surface area contributed by atoms with Gasteiger partial charge >= 0.3 is 0 Å². The molecule has 1 amide bonds. The van der Waals surface area contributed by atoms with Gasteiger partial charge in [-0.05, 0) is 51.2 Å². The quantitative estimate of drug-likeness (QED) is 0.673. The molecule has 1 N–H and O–H groups in total. The molecular weight excluding hydrogens is 401 g/mol. The predicted molar refractivity (Wildman–Crippen MR) is 89.2 cm³/mol. The molecule has 0 saturated carbocycles. The van der Waals surface area contributed by atoms with Gasteiger partial charge in [-0.2, -0.15) is 0 Å². The molecule has 0 spiro atoms. The van der Waals surface area contributed by atoms with Crippen LogP contribution in [0.4, 0.5) is 5.69 Å². The Kier molecular flexibility index (Phi) is 3.97. The fourth-order valence-electron chi connectivity index (χ4n) is 1.84. The van der Waals surface area contributed by atoms with E-state index < -0.39 is 0 Å². The fourth-order valence-corrected chi connectivity index (χ4v) is 3.17. The highest BCUT2D eigenvalue weighted by atomic mass is 127. The van der Waals surface area contributed by atoms with Crippen LogP contribution in [0.25, 0.3) is 11.4 Å². The number of carbonyl (C=O) groups excluding carboxylic acids is 1. The molecule has 106 valence electrons. The normalized spacial score (nSPS) is 10.6. The lowest BCUT2D eigenvalue weighted by atomic mass is 10.2. The van der Waals surface area contributed by atoms with Gasteiger partial charge in [0.25, 0.3) is 5.91 Å². The molecule has 2 heterocycles. The fraction of sp³-hybridized carbons (Fsp3) is 0.0769. The molecule has 0 aliphatic heterocycles. The summed E-state index contributed by atoms with van der Waals surface area (Å²) in [5.41, 5.74) is 2.22. The van der Waals surface area contributed by atoms with Crippen LogP contribution >= 0.6 is 33.9 Å². The first-order valence-corrected chi connectivity index (χ1v) is 7.97. The smallest absolute Gasteiger partial charge is 0.256 e. The van der Waals surface area contributed by atoms with E-state index in [0.717, 1.165) is 8.45 Å². The van der Waals surface area contributed by atoms with Crippen molar-refractivity contribution in [2.24, 2.45) is 7.05 Å². The molecule has 0 bridgehead atoms. The molecule has 2 aromatic heterocycles. The largest absolute Gasteiger partial charge is 0.322 e. The number of aromatic nitrogens is 4. The zero-order valence-electron chi connectivity index (χ0n) is 10.9. The van der Waals surface area contributed by atoms with E-state index in [1.165, 1.54) is 0 Å². The molecule has 6 nitrogen and oxygen atoms in total. The number of anilines is 1. The number of nitrogens with one attached hydrogen (secondary N) is 1. The summed E-state index contributed by atoms with van der Waals surface area (Å²) in [4.78, 5) is 12.1. The molecule has 0 fully saturated rings. The minimum Gasteiger partial charge on any atom is -0.322 e. The zero-order valence-corrected chi connectivity index (χ0v) is 13.9. The monoisotopic (exact) mass is 411 g/mol. The topological polar surface area (TPSA) is 72.7 Å². The van der Waals surface area contributed by atoms with Crippen LogP contribution in [0.2, 0.25) is 0 Å². The van der Waals surface area contributed by atoms with Gasteiger partial charge < -0.3 is 5.32 Å². The Morgan fingerprint density at radius 3 is 2.90 bits per heavy atom. The van der Waals surface area contributed by atoms with Gasteiger partial charge in [0.1, 0.15) is 0 Å². The Balaban J connectivity index is 1.84. The van der Waals surface area contributed by atoms with Crippen molar-refractivity contribution in [3.63, 3.8) is 0 Å². The number of halogens is 1.